The molecule has 0 aromatic heterocycles. The van der Waals surface area contributed by atoms with Crippen LogP contribution in [0.5, 0.6) is 0 Å². The fraction of sp³-hybridized carbons (Fsp3) is 0.444. The van der Waals surface area contributed by atoms with Crippen molar-refractivity contribution in [3.63, 3.8) is 0 Å². The number of benzene rings is 2. The number of alkyl carbamates (subject to hydrolysis) is 1. The molecule has 2 atom stereocenters. The molecule has 3 amide bonds. The molecule has 0 radical (unpaired) electrons. The largest absolute Gasteiger partial charge is 0.444 e. The number of ether oxygens (including phenoxy) is 1. The van der Waals surface area contributed by atoms with E-state index < -0.39 is 23.8 Å². The SMILES string of the molecule is CCCN(C(=O)C(C)NC(=O)OC(C)(C)C)C(C(=O)Nc1ccccc1C)c1cccc(C)c1. The van der Waals surface area contributed by atoms with E-state index in [-0.39, 0.29) is 11.8 Å². The van der Waals surface area contributed by atoms with Crippen LogP contribution in [0.2, 0.25) is 0 Å². The number of para-hydroxylation sites is 1. The Bertz CT molecular complexity index is 1010. The van der Waals surface area contributed by atoms with E-state index in [0.29, 0.717) is 24.2 Å². The molecule has 2 aromatic carbocycles. The quantitative estimate of drug-likeness (QED) is 0.563. The second kappa shape index (κ2) is 11.7. The predicted octanol–water partition coefficient (Wildman–Crippen LogP) is 5.14. The van der Waals surface area contributed by atoms with Gasteiger partial charge in [0.05, 0.1) is 0 Å². The smallest absolute Gasteiger partial charge is 0.408 e. The molecule has 0 saturated heterocycles. The van der Waals surface area contributed by atoms with Crippen LogP contribution in [0.25, 0.3) is 0 Å². The van der Waals surface area contributed by atoms with Crippen molar-refractivity contribution in [3.05, 3.63) is 65.2 Å². The Morgan fingerprint density at radius 2 is 1.71 bits per heavy atom. The van der Waals surface area contributed by atoms with Gasteiger partial charge in [-0.1, -0.05) is 55.0 Å². The van der Waals surface area contributed by atoms with Crippen LogP contribution in [0.1, 0.15) is 63.8 Å². The van der Waals surface area contributed by atoms with Gasteiger partial charge in [0.25, 0.3) is 5.91 Å². The van der Waals surface area contributed by atoms with Gasteiger partial charge < -0.3 is 20.3 Å². The fourth-order valence-electron chi connectivity index (χ4n) is 3.63. The molecule has 0 spiro atoms. The van der Waals surface area contributed by atoms with Crippen LogP contribution in [-0.4, -0.2) is 41.0 Å². The molecule has 7 nitrogen and oxygen atoms in total. The van der Waals surface area contributed by atoms with E-state index in [2.05, 4.69) is 10.6 Å². The first-order valence-corrected chi connectivity index (χ1v) is 11.7. The molecule has 0 heterocycles. The summed E-state index contributed by atoms with van der Waals surface area (Å²) in [4.78, 5) is 40.9. The lowest BCUT2D eigenvalue weighted by Gasteiger charge is -2.33. The maximum Gasteiger partial charge on any atom is 0.408 e. The summed E-state index contributed by atoms with van der Waals surface area (Å²) >= 11 is 0. The Kier molecular flexibility index (Phi) is 9.24. The summed E-state index contributed by atoms with van der Waals surface area (Å²) in [5, 5.41) is 5.59. The van der Waals surface area contributed by atoms with Gasteiger partial charge in [0.15, 0.2) is 0 Å². The van der Waals surface area contributed by atoms with E-state index in [1.165, 1.54) is 4.90 Å². The number of nitrogens with one attached hydrogen (secondary N) is 2. The Labute approximate surface area is 202 Å². The van der Waals surface area contributed by atoms with Crippen LogP contribution in [0.3, 0.4) is 0 Å². The Hall–Kier alpha value is -3.35. The predicted molar refractivity (Wildman–Crippen MR) is 135 cm³/mol. The molecule has 184 valence electrons. The van der Waals surface area contributed by atoms with E-state index >= 15 is 0 Å². The summed E-state index contributed by atoms with van der Waals surface area (Å²) in [6.07, 6.45) is -0.0357. The summed E-state index contributed by atoms with van der Waals surface area (Å²) in [5.74, 6) is -0.676. The molecule has 0 bridgehead atoms. The van der Waals surface area contributed by atoms with E-state index in [9.17, 15) is 14.4 Å². The van der Waals surface area contributed by atoms with Gasteiger partial charge in [-0.3, -0.25) is 9.59 Å². The minimum absolute atomic E-state index is 0.314. The van der Waals surface area contributed by atoms with Gasteiger partial charge >= 0.3 is 6.09 Å². The standard InChI is InChI=1S/C27H37N3O4/c1-8-16-30(25(32)20(4)28-26(33)34-27(5,6)7)23(21-14-11-12-18(2)17-21)24(31)29-22-15-10-9-13-19(22)3/h9-15,17,20,23H,8,16H2,1-7H3,(H,28,33)(H,29,31). The second-order valence-corrected chi connectivity index (χ2v) is 9.52. The lowest BCUT2D eigenvalue weighted by Crippen LogP contribution is -2.51. The number of carbonyl (C=O) groups excluding carboxylic acids is 3. The molecular weight excluding hydrogens is 430 g/mol. The first-order valence-electron chi connectivity index (χ1n) is 11.7. The molecule has 0 aliphatic rings. The average molecular weight is 468 g/mol. The highest BCUT2D eigenvalue weighted by atomic mass is 16.6. The molecule has 2 N–H and O–H groups in total. The number of carbonyl (C=O) groups is 3. The van der Waals surface area contributed by atoms with Crippen LogP contribution >= 0.6 is 0 Å². The zero-order chi connectivity index (χ0) is 25.5. The third kappa shape index (κ3) is 7.61. The zero-order valence-corrected chi connectivity index (χ0v) is 21.3. The monoisotopic (exact) mass is 467 g/mol. The third-order valence-corrected chi connectivity index (χ3v) is 5.17. The molecular formula is C27H37N3O4. The van der Waals surface area contributed by atoms with Crippen LogP contribution in [-0.2, 0) is 14.3 Å². The maximum absolute atomic E-state index is 13.6. The lowest BCUT2D eigenvalue weighted by atomic mass is 10.0. The lowest BCUT2D eigenvalue weighted by molar-refractivity contribution is -0.140. The van der Waals surface area contributed by atoms with Gasteiger partial charge in [-0.15, -0.1) is 0 Å². The van der Waals surface area contributed by atoms with Crippen molar-refractivity contribution in [1.29, 1.82) is 0 Å². The number of rotatable bonds is 8. The Balaban J connectivity index is 2.39. The van der Waals surface area contributed by atoms with Crippen molar-refractivity contribution in [1.82, 2.24) is 10.2 Å². The molecule has 0 saturated carbocycles. The summed E-state index contributed by atoms with van der Waals surface area (Å²) < 4.78 is 5.30. The second-order valence-electron chi connectivity index (χ2n) is 9.52. The Morgan fingerprint density at radius 3 is 2.29 bits per heavy atom. The van der Waals surface area contributed by atoms with Crippen LogP contribution in [0.15, 0.2) is 48.5 Å². The number of amides is 3. The van der Waals surface area contributed by atoms with Crippen molar-refractivity contribution >= 4 is 23.6 Å². The first-order chi connectivity index (χ1) is 15.9. The molecule has 0 aliphatic heterocycles. The van der Waals surface area contributed by atoms with E-state index in [1.54, 1.807) is 27.7 Å². The average Bonchev–Trinajstić information content (AvgIpc) is 2.73. The molecule has 2 rings (SSSR count). The van der Waals surface area contributed by atoms with Crippen LogP contribution in [0.4, 0.5) is 10.5 Å². The summed E-state index contributed by atoms with van der Waals surface area (Å²) in [5.41, 5.74) is 2.61. The first kappa shape index (κ1) is 26.9. The summed E-state index contributed by atoms with van der Waals surface area (Å²) in [6.45, 7) is 13.0. The number of hydrogen-bond donors (Lipinski definition) is 2. The molecule has 2 unspecified atom stereocenters. The third-order valence-electron chi connectivity index (χ3n) is 5.17. The molecule has 0 aliphatic carbocycles. The minimum Gasteiger partial charge on any atom is -0.444 e. The van der Waals surface area contributed by atoms with E-state index in [0.717, 1.165) is 11.1 Å². The van der Waals surface area contributed by atoms with E-state index in [1.807, 2.05) is 69.3 Å². The Morgan fingerprint density at radius 1 is 1.03 bits per heavy atom. The fourth-order valence-corrected chi connectivity index (χ4v) is 3.63. The van der Waals surface area contributed by atoms with Crippen molar-refractivity contribution < 1.29 is 19.1 Å². The molecule has 7 heteroatoms. The highest BCUT2D eigenvalue weighted by molar-refractivity contribution is 5.99. The topological polar surface area (TPSA) is 87.7 Å². The summed E-state index contributed by atoms with van der Waals surface area (Å²) in [7, 11) is 0. The van der Waals surface area contributed by atoms with Gasteiger partial charge in [0.2, 0.25) is 5.91 Å². The minimum atomic E-state index is -0.875. The van der Waals surface area contributed by atoms with E-state index in [4.69, 9.17) is 4.74 Å². The van der Waals surface area contributed by atoms with Gasteiger partial charge in [-0.05, 0) is 65.2 Å². The molecule has 0 fully saturated rings. The summed E-state index contributed by atoms with van der Waals surface area (Å²) in [6, 6.07) is 13.3. The van der Waals surface area contributed by atoms with Crippen molar-refractivity contribution in [2.45, 2.75) is 72.6 Å². The molecule has 2 aromatic rings. The van der Waals surface area contributed by atoms with Crippen LogP contribution < -0.4 is 10.6 Å². The number of anilines is 1. The van der Waals surface area contributed by atoms with Crippen molar-refractivity contribution in [2.75, 3.05) is 11.9 Å². The molecule has 34 heavy (non-hydrogen) atoms. The maximum atomic E-state index is 13.6. The van der Waals surface area contributed by atoms with Gasteiger partial charge in [-0.25, -0.2) is 4.79 Å². The number of aryl methyl sites for hydroxylation is 2. The number of nitrogens with zero attached hydrogens (tertiary/aromatic N) is 1. The normalized spacial score (nSPS) is 12.9. The van der Waals surface area contributed by atoms with Gasteiger partial charge in [0, 0.05) is 12.2 Å². The van der Waals surface area contributed by atoms with Crippen molar-refractivity contribution in [2.24, 2.45) is 0 Å². The highest BCUT2D eigenvalue weighted by Gasteiger charge is 2.34. The van der Waals surface area contributed by atoms with Gasteiger partial charge in [0.1, 0.15) is 17.7 Å². The van der Waals surface area contributed by atoms with Crippen LogP contribution in [0, 0.1) is 13.8 Å². The van der Waals surface area contributed by atoms with Gasteiger partial charge in [-0.2, -0.15) is 0 Å². The highest BCUT2D eigenvalue weighted by Crippen LogP contribution is 2.26. The van der Waals surface area contributed by atoms with Crippen molar-refractivity contribution in [3.8, 4) is 0 Å². The zero-order valence-electron chi connectivity index (χ0n) is 21.3. The number of hydrogen-bond acceptors (Lipinski definition) is 4.